The summed E-state index contributed by atoms with van der Waals surface area (Å²) in [7, 11) is -3.38. The molecule has 0 radical (unpaired) electrons. The van der Waals surface area contributed by atoms with Gasteiger partial charge in [0.2, 0.25) is 5.91 Å². The van der Waals surface area contributed by atoms with Gasteiger partial charge in [0.1, 0.15) is 0 Å². The largest absolute Gasteiger partial charge is 0.481 e. The number of amides is 1. The van der Waals surface area contributed by atoms with Gasteiger partial charge in [0, 0.05) is 19.4 Å². The number of hydrogen-bond donors (Lipinski definition) is 2. The maximum absolute atomic E-state index is 11.9. The molecule has 21 heavy (non-hydrogen) atoms. The number of carbonyl (C=O) groups is 2. The second-order valence-electron chi connectivity index (χ2n) is 4.58. The number of hydrogen-bond acceptors (Lipinski definition) is 4. The summed E-state index contributed by atoms with van der Waals surface area (Å²) in [5.74, 6) is -1.30. The smallest absolute Gasteiger partial charge is 0.303 e. The van der Waals surface area contributed by atoms with Gasteiger partial charge in [-0.1, -0.05) is 18.2 Å². The van der Waals surface area contributed by atoms with Crippen LogP contribution < -0.4 is 5.32 Å². The number of nitrogens with one attached hydrogen (secondary N) is 1. The van der Waals surface area contributed by atoms with Crippen molar-refractivity contribution in [3.63, 3.8) is 0 Å². The van der Waals surface area contributed by atoms with E-state index in [1.54, 1.807) is 18.2 Å². The van der Waals surface area contributed by atoms with Crippen LogP contribution in [0.5, 0.6) is 0 Å². The molecule has 0 unspecified atom stereocenters. The van der Waals surface area contributed by atoms with E-state index in [0.717, 1.165) is 0 Å². The van der Waals surface area contributed by atoms with Gasteiger partial charge in [0.15, 0.2) is 9.84 Å². The summed E-state index contributed by atoms with van der Waals surface area (Å²) in [5.41, 5.74) is 0. The molecule has 0 saturated heterocycles. The highest BCUT2D eigenvalue weighted by molar-refractivity contribution is 7.91. The van der Waals surface area contributed by atoms with E-state index in [0.29, 0.717) is 12.8 Å². The summed E-state index contributed by atoms with van der Waals surface area (Å²) in [4.78, 5) is 22.0. The second-order valence-corrected chi connectivity index (χ2v) is 6.69. The Morgan fingerprint density at radius 3 is 2.29 bits per heavy atom. The van der Waals surface area contributed by atoms with Crippen molar-refractivity contribution in [2.24, 2.45) is 0 Å². The van der Waals surface area contributed by atoms with Crippen LogP contribution in [0, 0.1) is 0 Å². The Balaban J connectivity index is 2.27. The predicted molar refractivity (Wildman–Crippen MR) is 77.6 cm³/mol. The molecule has 0 aliphatic carbocycles. The van der Waals surface area contributed by atoms with Crippen LogP contribution in [0.3, 0.4) is 0 Å². The van der Waals surface area contributed by atoms with Crippen LogP contribution >= 0.6 is 0 Å². The third kappa shape index (κ3) is 6.89. The minimum absolute atomic E-state index is 0.0374. The molecule has 0 bridgehead atoms. The number of benzene rings is 1. The van der Waals surface area contributed by atoms with Gasteiger partial charge in [-0.25, -0.2) is 8.42 Å². The fourth-order valence-electron chi connectivity index (χ4n) is 1.72. The molecule has 0 aliphatic heterocycles. The van der Waals surface area contributed by atoms with E-state index < -0.39 is 15.8 Å². The molecule has 0 spiro atoms. The number of carboxylic acid groups (broad SMARTS) is 1. The molecule has 0 saturated carbocycles. The first-order chi connectivity index (χ1) is 9.92. The first kappa shape index (κ1) is 17.2. The lowest BCUT2D eigenvalue weighted by atomic mass is 10.2. The van der Waals surface area contributed by atoms with Crippen LogP contribution in [0.2, 0.25) is 0 Å². The highest BCUT2D eigenvalue weighted by atomic mass is 32.2. The average Bonchev–Trinajstić information content (AvgIpc) is 2.44. The molecule has 0 aliphatic rings. The zero-order valence-corrected chi connectivity index (χ0v) is 12.4. The van der Waals surface area contributed by atoms with Gasteiger partial charge in [-0.2, -0.15) is 0 Å². The zero-order valence-electron chi connectivity index (χ0n) is 11.6. The van der Waals surface area contributed by atoms with Gasteiger partial charge >= 0.3 is 5.97 Å². The molecule has 0 atom stereocenters. The van der Waals surface area contributed by atoms with Gasteiger partial charge in [0.05, 0.1) is 10.6 Å². The van der Waals surface area contributed by atoms with E-state index in [9.17, 15) is 18.0 Å². The molecular formula is C14H19NO5S. The molecule has 7 heteroatoms. The Hall–Kier alpha value is -1.89. The SMILES string of the molecule is O=C(O)CCCCC(=O)NCCS(=O)(=O)c1ccccc1. The van der Waals surface area contributed by atoms with Crippen LogP contribution in [-0.2, 0) is 19.4 Å². The fourth-order valence-corrected chi connectivity index (χ4v) is 2.90. The number of carboxylic acids is 1. The number of unbranched alkanes of at least 4 members (excludes halogenated alkanes) is 1. The van der Waals surface area contributed by atoms with Gasteiger partial charge in [-0.05, 0) is 25.0 Å². The predicted octanol–water partition coefficient (Wildman–Crippen LogP) is 1.22. The normalized spacial score (nSPS) is 11.0. The minimum Gasteiger partial charge on any atom is -0.481 e. The summed E-state index contributed by atoms with van der Waals surface area (Å²) < 4.78 is 23.9. The number of rotatable bonds is 9. The first-order valence-electron chi connectivity index (χ1n) is 6.68. The molecule has 0 heterocycles. The highest BCUT2D eigenvalue weighted by Crippen LogP contribution is 2.09. The third-order valence-corrected chi connectivity index (χ3v) is 4.57. The van der Waals surface area contributed by atoms with Crippen molar-refractivity contribution in [1.82, 2.24) is 5.32 Å². The van der Waals surface area contributed by atoms with Gasteiger partial charge in [0.25, 0.3) is 0 Å². The molecular weight excluding hydrogens is 294 g/mol. The van der Waals surface area contributed by atoms with Crippen molar-refractivity contribution in [1.29, 1.82) is 0 Å². The maximum atomic E-state index is 11.9. The van der Waals surface area contributed by atoms with Crippen molar-refractivity contribution in [3.8, 4) is 0 Å². The summed E-state index contributed by atoms with van der Waals surface area (Å²) in [6, 6.07) is 8.06. The van der Waals surface area contributed by atoms with Crippen molar-refractivity contribution in [3.05, 3.63) is 30.3 Å². The van der Waals surface area contributed by atoms with Crippen LogP contribution in [0.25, 0.3) is 0 Å². The van der Waals surface area contributed by atoms with E-state index in [4.69, 9.17) is 5.11 Å². The number of carbonyl (C=O) groups excluding carboxylic acids is 1. The summed E-state index contributed by atoms with van der Waals surface area (Å²) >= 11 is 0. The number of sulfone groups is 1. The van der Waals surface area contributed by atoms with Crippen LogP contribution in [0.15, 0.2) is 35.2 Å². The van der Waals surface area contributed by atoms with E-state index >= 15 is 0 Å². The Kier molecular flexibility index (Phi) is 6.87. The molecule has 116 valence electrons. The number of aliphatic carboxylic acids is 1. The van der Waals surface area contributed by atoms with Crippen LogP contribution in [0.1, 0.15) is 25.7 Å². The third-order valence-electron chi connectivity index (χ3n) is 2.84. The average molecular weight is 313 g/mol. The highest BCUT2D eigenvalue weighted by Gasteiger charge is 2.13. The first-order valence-corrected chi connectivity index (χ1v) is 8.33. The summed E-state index contributed by atoms with van der Waals surface area (Å²) in [6.45, 7) is 0.0506. The standard InChI is InChI=1S/C14H19NO5S/c16-13(8-4-5-9-14(17)18)15-10-11-21(19,20)12-6-2-1-3-7-12/h1-3,6-7H,4-5,8-11H2,(H,15,16)(H,17,18). The molecule has 0 aromatic heterocycles. The maximum Gasteiger partial charge on any atom is 0.303 e. The Morgan fingerprint density at radius 2 is 1.67 bits per heavy atom. The molecule has 1 aromatic carbocycles. The lowest BCUT2D eigenvalue weighted by Crippen LogP contribution is -2.28. The second kappa shape index (κ2) is 8.41. The monoisotopic (exact) mass is 313 g/mol. The van der Waals surface area contributed by atoms with Crippen molar-refractivity contribution >= 4 is 21.7 Å². The quantitative estimate of drug-likeness (QED) is 0.668. The van der Waals surface area contributed by atoms with E-state index in [1.807, 2.05) is 0 Å². The topological polar surface area (TPSA) is 101 Å². The summed E-state index contributed by atoms with van der Waals surface area (Å²) in [6.07, 6.45) is 1.16. The zero-order chi connectivity index (χ0) is 15.7. The molecule has 6 nitrogen and oxygen atoms in total. The fraction of sp³-hybridized carbons (Fsp3) is 0.429. The molecule has 1 aromatic rings. The van der Waals surface area contributed by atoms with Crippen molar-refractivity contribution in [2.45, 2.75) is 30.6 Å². The van der Waals surface area contributed by atoms with Crippen molar-refractivity contribution in [2.75, 3.05) is 12.3 Å². The summed E-state index contributed by atoms with van der Waals surface area (Å²) in [5, 5.41) is 11.0. The van der Waals surface area contributed by atoms with E-state index in [-0.39, 0.29) is 35.9 Å². The minimum atomic E-state index is -3.38. The van der Waals surface area contributed by atoms with Gasteiger partial charge < -0.3 is 10.4 Å². The molecule has 1 rings (SSSR count). The van der Waals surface area contributed by atoms with E-state index in [1.165, 1.54) is 12.1 Å². The lowest BCUT2D eigenvalue weighted by molar-refractivity contribution is -0.137. The van der Waals surface area contributed by atoms with Crippen LogP contribution in [0.4, 0.5) is 0 Å². The van der Waals surface area contributed by atoms with Gasteiger partial charge in [-0.15, -0.1) is 0 Å². The lowest BCUT2D eigenvalue weighted by Gasteiger charge is -2.06. The van der Waals surface area contributed by atoms with E-state index in [2.05, 4.69) is 5.32 Å². The van der Waals surface area contributed by atoms with Crippen LogP contribution in [-0.4, -0.2) is 37.7 Å². The molecule has 1 amide bonds. The van der Waals surface area contributed by atoms with Crippen molar-refractivity contribution < 1.29 is 23.1 Å². The molecule has 0 fully saturated rings. The Bertz CT molecular complexity index is 568. The Morgan fingerprint density at radius 1 is 1.05 bits per heavy atom. The van der Waals surface area contributed by atoms with Gasteiger partial charge in [-0.3, -0.25) is 9.59 Å². The molecule has 2 N–H and O–H groups in total. The Labute approximate surface area is 124 Å².